The topological polar surface area (TPSA) is 55.4 Å². The van der Waals surface area contributed by atoms with Crippen LogP contribution in [0, 0.1) is 0 Å². The summed E-state index contributed by atoms with van der Waals surface area (Å²) < 4.78 is 4.75. The van der Waals surface area contributed by atoms with Crippen molar-refractivity contribution in [3.05, 3.63) is 42.0 Å². The van der Waals surface area contributed by atoms with Crippen LogP contribution in [0.1, 0.15) is 12.0 Å². The van der Waals surface area contributed by atoms with Crippen LogP contribution in [-0.4, -0.2) is 24.5 Å². The lowest BCUT2D eigenvalue weighted by atomic mass is 10.2. The molecule has 0 unspecified atom stereocenters. The Balaban J connectivity index is 1.89. The fourth-order valence-electron chi connectivity index (χ4n) is 1.58. The standard InChI is InChI=1S/C13H13NO3/c15-12(14-11-8-9-17-13(11)16)7-6-10-4-2-1-3-5-10/h1-7,11H,8-9H2,(H,14,15)/b7-6+/t11-/m1/s1. The fourth-order valence-corrected chi connectivity index (χ4v) is 1.58. The molecule has 0 radical (unpaired) electrons. The maximum Gasteiger partial charge on any atom is 0.328 e. The van der Waals surface area contributed by atoms with Crippen molar-refractivity contribution in [2.45, 2.75) is 12.5 Å². The number of cyclic esters (lactones) is 1. The van der Waals surface area contributed by atoms with Crippen molar-refractivity contribution in [1.29, 1.82) is 0 Å². The predicted molar refractivity (Wildman–Crippen MR) is 63.0 cm³/mol. The van der Waals surface area contributed by atoms with Gasteiger partial charge in [-0.1, -0.05) is 30.3 Å². The van der Waals surface area contributed by atoms with Gasteiger partial charge in [-0.3, -0.25) is 4.79 Å². The summed E-state index contributed by atoms with van der Waals surface area (Å²) in [6.45, 7) is 0.381. The minimum absolute atomic E-state index is 0.280. The molecule has 4 nitrogen and oxygen atoms in total. The first kappa shape index (κ1) is 11.4. The van der Waals surface area contributed by atoms with Gasteiger partial charge in [-0.15, -0.1) is 0 Å². The molecule has 1 atom stereocenters. The third-order valence-corrected chi connectivity index (χ3v) is 2.48. The van der Waals surface area contributed by atoms with Crippen LogP contribution in [0.3, 0.4) is 0 Å². The zero-order valence-electron chi connectivity index (χ0n) is 9.26. The summed E-state index contributed by atoms with van der Waals surface area (Å²) >= 11 is 0. The van der Waals surface area contributed by atoms with Crippen molar-refractivity contribution in [3.63, 3.8) is 0 Å². The lowest BCUT2D eigenvalue weighted by molar-refractivity contribution is -0.140. The van der Waals surface area contributed by atoms with Gasteiger partial charge in [-0.25, -0.2) is 4.79 Å². The van der Waals surface area contributed by atoms with Gasteiger partial charge in [0, 0.05) is 12.5 Å². The smallest absolute Gasteiger partial charge is 0.328 e. The van der Waals surface area contributed by atoms with Crippen molar-refractivity contribution >= 4 is 18.0 Å². The van der Waals surface area contributed by atoms with E-state index >= 15 is 0 Å². The van der Waals surface area contributed by atoms with E-state index in [1.54, 1.807) is 6.08 Å². The van der Waals surface area contributed by atoms with E-state index in [9.17, 15) is 9.59 Å². The molecule has 1 N–H and O–H groups in total. The molecule has 4 heteroatoms. The van der Waals surface area contributed by atoms with Crippen LogP contribution in [0.5, 0.6) is 0 Å². The van der Waals surface area contributed by atoms with Gasteiger partial charge in [0.1, 0.15) is 6.04 Å². The van der Waals surface area contributed by atoms with E-state index < -0.39 is 6.04 Å². The van der Waals surface area contributed by atoms with Crippen LogP contribution in [0.2, 0.25) is 0 Å². The van der Waals surface area contributed by atoms with E-state index in [4.69, 9.17) is 4.74 Å². The Morgan fingerprint density at radius 3 is 2.76 bits per heavy atom. The SMILES string of the molecule is O=C(/C=C/c1ccccc1)N[C@@H]1CCOC1=O. The van der Waals surface area contributed by atoms with E-state index in [2.05, 4.69) is 5.32 Å². The second kappa shape index (κ2) is 5.30. The minimum atomic E-state index is -0.497. The van der Waals surface area contributed by atoms with Gasteiger partial charge in [-0.2, -0.15) is 0 Å². The van der Waals surface area contributed by atoms with E-state index in [1.165, 1.54) is 6.08 Å². The molecule has 0 saturated carbocycles. The Labute approximate surface area is 99.3 Å². The molecule has 0 aromatic heterocycles. The number of esters is 1. The summed E-state index contributed by atoms with van der Waals surface area (Å²) in [5, 5.41) is 2.60. The van der Waals surface area contributed by atoms with E-state index in [1.807, 2.05) is 30.3 Å². The Hall–Kier alpha value is -2.10. The maximum atomic E-state index is 11.5. The highest BCUT2D eigenvalue weighted by molar-refractivity contribution is 5.94. The normalized spacial score (nSPS) is 19.3. The minimum Gasteiger partial charge on any atom is -0.464 e. The van der Waals surface area contributed by atoms with Crippen molar-refractivity contribution in [3.8, 4) is 0 Å². The molecular weight excluding hydrogens is 218 g/mol. The number of rotatable bonds is 3. The molecule has 1 aromatic carbocycles. The molecule has 17 heavy (non-hydrogen) atoms. The summed E-state index contributed by atoms with van der Waals surface area (Å²) in [4.78, 5) is 22.6. The average Bonchev–Trinajstić information content (AvgIpc) is 2.74. The number of carbonyl (C=O) groups is 2. The van der Waals surface area contributed by atoms with E-state index in [-0.39, 0.29) is 11.9 Å². The largest absolute Gasteiger partial charge is 0.464 e. The van der Waals surface area contributed by atoms with Crippen molar-refractivity contribution < 1.29 is 14.3 Å². The Morgan fingerprint density at radius 2 is 2.12 bits per heavy atom. The van der Waals surface area contributed by atoms with Crippen LogP contribution in [0.25, 0.3) is 6.08 Å². The zero-order chi connectivity index (χ0) is 12.1. The third-order valence-electron chi connectivity index (χ3n) is 2.48. The predicted octanol–water partition coefficient (Wildman–Crippen LogP) is 1.13. The van der Waals surface area contributed by atoms with E-state index in [0.717, 1.165) is 5.56 Å². The van der Waals surface area contributed by atoms with Gasteiger partial charge in [0.05, 0.1) is 6.61 Å². The second-order valence-electron chi connectivity index (χ2n) is 3.76. The van der Waals surface area contributed by atoms with Crippen molar-refractivity contribution in [1.82, 2.24) is 5.32 Å². The van der Waals surface area contributed by atoms with Gasteiger partial charge < -0.3 is 10.1 Å². The monoisotopic (exact) mass is 231 g/mol. The molecule has 1 aromatic rings. The zero-order valence-corrected chi connectivity index (χ0v) is 9.26. The Kier molecular flexibility index (Phi) is 3.55. The highest BCUT2D eigenvalue weighted by atomic mass is 16.5. The summed E-state index contributed by atoms with van der Waals surface area (Å²) in [7, 11) is 0. The number of carbonyl (C=O) groups excluding carboxylic acids is 2. The lowest BCUT2D eigenvalue weighted by Crippen LogP contribution is -2.36. The molecule has 1 aliphatic heterocycles. The number of hydrogen-bond donors (Lipinski definition) is 1. The van der Waals surface area contributed by atoms with Gasteiger partial charge in [-0.05, 0) is 11.6 Å². The first-order valence-corrected chi connectivity index (χ1v) is 5.46. The molecule has 1 fully saturated rings. The van der Waals surface area contributed by atoms with Crippen LogP contribution in [0.4, 0.5) is 0 Å². The molecular formula is C13H13NO3. The summed E-state index contributed by atoms with van der Waals surface area (Å²) in [5.74, 6) is -0.635. The first-order valence-electron chi connectivity index (χ1n) is 5.46. The van der Waals surface area contributed by atoms with Crippen LogP contribution in [0.15, 0.2) is 36.4 Å². The van der Waals surface area contributed by atoms with Crippen LogP contribution >= 0.6 is 0 Å². The van der Waals surface area contributed by atoms with Gasteiger partial charge in [0.2, 0.25) is 5.91 Å². The summed E-state index contributed by atoms with van der Waals surface area (Å²) in [6.07, 6.45) is 3.67. The molecule has 88 valence electrons. The maximum absolute atomic E-state index is 11.5. The molecule has 1 heterocycles. The summed E-state index contributed by atoms with van der Waals surface area (Å²) in [6, 6.07) is 8.99. The quantitative estimate of drug-likeness (QED) is 0.626. The Bertz CT molecular complexity index is 439. The second-order valence-corrected chi connectivity index (χ2v) is 3.76. The van der Waals surface area contributed by atoms with Gasteiger partial charge in [0.25, 0.3) is 0 Å². The fraction of sp³-hybridized carbons (Fsp3) is 0.231. The molecule has 0 aliphatic carbocycles. The molecule has 0 spiro atoms. The highest BCUT2D eigenvalue weighted by Gasteiger charge is 2.27. The Morgan fingerprint density at radius 1 is 1.35 bits per heavy atom. The third kappa shape index (κ3) is 3.17. The lowest BCUT2D eigenvalue weighted by Gasteiger charge is -2.05. The number of amides is 1. The summed E-state index contributed by atoms with van der Waals surface area (Å²) in [5.41, 5.74) is 0.941. The molecule has 1 amide bonds. The number of nitrogens with one attached hydrogen (secondary N) is 1. The number of hydrogen-bond acceptors (Lipinski definition) is 3. The van der Waals surface area contributed by atoms with Crippen LogP contribution in [-0.2, 0) is 14.3 Å². The highest BCUT2D eigenvalue weighted by Crippen LogP contribution is 2.06. The van der Waals surface area contributed by atoms with Gasteiger partial charge in [0.15, 0.2) is 0 Å². The molecule has 1 saturated heterocycles. The van der Waals surface area contributed by atoms with Crippen molar-refractivity contribution in [2.75, 3.05) is 6.61 Å². The molecule has 0 bridgehead atoms. The van der Waals surface area contributed by atoms with Crippen molar-refractivity contribution in [2.24, 2.45) is 0 Å². The first-order chi connectivity index (χ1) is 8.25. The molecule has 2 rings (SSSR count). The van der Waals surface area contributed by atoms with Gasteiger partial charge >= 0.3 is 5.97 Å². The van der Waals surface area contributed by atoms with E-state index in [0.29, 0.717) is 13.0 Å². The molecule has 1 aliphatic rings. The number of ether oxygens (including phenoxy) is 1. The average molecular weight is 231 g/mol. The van der Waals surface area contributed by atoms with Crippen LogP contribution < -0.4 is 5.32 Å². The number of benzene rings is 1.